The molecule has 0 radical (unpaired) electrons. The molecular weight excluding hydrogens is 386 g/mol. The van der Waals surface area contributed by atoms with Crippen molar-refractivity contribution in [3.05, 3.63) is 78.4 Å². The van der Waals surface area contributed by atoms with Gasteiger partial charge >= 0.3 is 0 Å². The first-order valence-electron chi connectivity index (χ1n) is 9.51. The van der Waals surface area contributed by atoms with Gasteiger partial charge in [-0.15, -0.1) is 10.2 Å². The minimum absolute atomic E-state index is 0.132. The molecule has 0 aliphatic heterocycles. The lowest BCUT2D eigenvalue weighted by Gasteiger charge is -2.11. The van der Waals surface area contributed by atoms with Crippen LogP contribution in [0.1, 0.15) is 24.5 Å². The molecule has 0 atom stereocenters. The van der Waals surface area contributed by atoms with Crippen LogP contribution in [0.25, 0.3) is 22.5 Å². The van der Waals surface area contributed by atoms with Crippen LogP contribution in [0.4, 0.5) is 20.4 Å². The van der Waals surface area contributed by atoms with E-state index in [9.17, 15) is 8.78 Å². The number of nitrogens with one attached hydrogen (secondary N) is 1. The van der Waals surface area contributed by atoms with E-state index in [4.69, 9.17) is 0 Å². The molecule has 8 heteroatoms. The molecule has 1 aliphatic carbocycles. The van der Waals surface area contributed by atoms with Crippen molar-refractivity contribution in [1.82, 2.24) is 25.1 Å². The number of hydrogen-bond donors (Lipinski definition) is 1. The molecule has 0 spiro atoms. The molecule has 1 fully saturated rings. The first-order valence-corrected chi connectivity index (χ1v) is 9.51. The lowest BCUT2D eigenvalue weighted by atomic mass is 10.0. The van der Waals surface area contributed by atoms with Gasteiger partial charge in [0, 0.05) is 28.9 Å². The molecule has 3 heterocycles. The van der Waals surface area contributed by atoms with Gasteiger partial charge in [-0.1, -0.05) is 12.1 Å². The van der Waals surface area contributed by atoms with Crippen molar-refractivity contribution in [1.29, 1.82) is 0 Å². The van der Waals surface area contributed by atoms with E-state index >= 15 is 0 Å². The minimum atomic E-state index is -0.591. The predicted molar refractivity (Wildman–Crippen MR) is 108 cm³/mol. The van der Waals surface area contributed by atoms with Crippen molar-refractivity contribution < 1.29 is 8.78 Å². The quantitative estimate of drug-likeness (QED) is 0.512. The highest BCUT2D eigenvalue weighted by molar-refractivity contribution is 5.78. The Hall–Kier alpha value is -3.81. The van der Waals surface area contributed by atoms with E-state index in [2.05, 4.69) is 30.5 Å². The average Bonchev–Trinajstić information content (AvgIpc) is 3.61. The van der Waals surface area contributed by atoms with E-state index in [0.717, 1.165) is 11.9 Å². The largest absolute Gasteiger partial charge is 0.321 e. The molecule has 0 saturated heterocycles. The maximum absolute atomic E-state index is 14.5. The van der Waals surface area contributed by atoms with Gasteiger partial charge < -0.3 is 5.32 Å². The second kappa shape index (κ2) is 7.55. The highest BCUT2D eigenvalue weighted by atomic mass is 19.1. The standard InChI is InChI=1S/C22H16F2N6/c23-17-4-2-1-3-15(17)20-21(16-9-10-25-12-18(16)24)29-30-22(28-20)27-14-7-8-19(26-11-14)13-5-6-13/h1-4,7-13H,5-6H2,(H,27,28,30). The van der Waals surface area contributed by atoms with Crippen LogP contribution in [-0.2, 0) is 0 Å². The summed E-state index contributed by atoms with van der Waals surface area (Å²) in [5, 5.41) is 11.3. The van der Waals surface area contributed by atoms with Gasteiger partial charge in [0.05, 0.1) is 18.1 Å². The Labute approximate surface area is 171 Å². The molecule has 1 aromatic carbocycles. The monoisotopic (exact) mass is 402 g/mol. The summed E-state index contributed by atoms with van der Waals surface area (Å²) in [7, 11) is 0. The Bertz CT molecular complexity index is 1210. The zero-order valence-electron chi connectivity index (χ0n) is 15.8. The third kappa shape index (κ3) is 3.59. The maximum atomic E-state index is 14.5. The highest BCUT2D eigenvalue weighted by Gasteiger charge is 2.24. The second-order valence-corrected chi connectivity index (χ2v) is 7.04. The topological polar surface area (TPSA) is 76.5 Å². The fourth-order valence-electron chi connectivity index (χ4n) is 3.20. The van der Waals surface area contributed by atoms with Gasteiger partial charge in [-0.2, -0.15) is 0 Å². The lowest BCUT2D eigenvalue weighted by Crippen LogP contribution is -2.05. The van der Waals surface area contributed by atoms with Gasteiger partial charge in [0.2, 0.25) is 5.95 Å². The van der Waals surface area contributed by atoms with Crippen molar-refractivity contribution in [2.75, 3.05) is 5.32 Å². The summed E-state index contributed by atoms with van der Waals surface area (Å²) in [5.74, 6) is -0.367. The number of hydrogen-bond acceptors (Lipinski definition) is 6. The molecule has 5 rings (SSSR count). The summed E-state index contributed by atoms with van der Waals surface area (Å²) in [4.78, 5) is 12.7. The molecule has 1 aliphatic rings. The van der Waals surface area contributed by atoms with Crippen LogP contribution in [-0.4, -0.2) is 25.1 Å². The molecule has 0 amide bonds. The van der Waals surface area contributed by atoms with E-state index in [0.29, 0.717) is 11.6 Å². The van der Waals surface area contributed by atoms with Crippen LogP contribution in [0.2, 0.25) is 0 Å². The fourth-order valence-corrected chi connectivity index (χ4v) is 3.20. The number of pyridine rings is 2. The maximum Gasteiger partial charge on any atom is 0.247 e. The smallest absolute Gasteiger partial charge is 0.247 e. The summed E-state index contributed by atoms with van der Waals surface area (Å²) >= 11 is 0. The van der Waals surface area contributed by atoms with Crippen molar-refractivity contribution in [3.63, 3.8) is 0 Å². The van der Waals surface area contributed by atoms with Crippen molar-refractivity contribution >= 4 is 11.6 Å². The molecule has 3 aromatic heterocycles. The normalized spacial score (nSPS) is 13.3. The molecule has 1 saturated carbocycles. The second-order valence-electron chi connectivity index (χ2n) is 7.04. The first-order chi connectivity index (χ1) is 14.7. The van der Waals surface area contributed by atoms with Crippen LogP contribution in [0.3, 0.4) is 0 Å². The van der Waals surface area contributed by atoms with Crippen LogP contribution in [0.5, 0.6) is 0 Å². The molecule has 1 N–H and O–H groups in total. The zero-order valence-corrected chi connectivity index (χ0v) is 15.8. The van der Waals surface area contributed by atoms with Gasteiger partial charge in [-0.05, 0) is 43.2 Å². The Kier molecular flexibility index (Phi) is 4.59. The van der Waals surface area contributed by atoms with Crippen molar-refractivity contribution in [2.24, 2.45) is 0 Å². The van der Waals surface area contributed by atoms with Crippen LogP contribution < -0.4 is 5.32 Å². The van der Waals surface area contributed by atoms with Crippen molar-refractivity contribution in [2.45, 2.75) is 18.8 Å². The summed E-state index contributed by atoms with van der Waals surface area (Å²) in [5.41, 5.74) is 2.40. The Balaban J connectivity index is 1.56. The number of rotatable bonds is 5. The molecule has 6 nitrogen and oxygen atoms in total. The zero-order chi connectivity index (χ0) is 20.5. The minimum Gasteiger partial charge on any atom is -0.321 e. The summed E-state index contributed by atoms with van der Waals surface area (Å²) in [6.07, 6.45) is 6.56. The number of aromatic nitrogens is 5. The third-order valence-corrected chi connectivity index (χ3v) is 4.88. The molecule has 30 heavy (non-hydrogen) atoms. The molecule has 4 aromatic rings. The number of anilines is 2. The molecule has 148 valence electrons. The van der Waals surface area contributed by atoms with Crippen molar-refractivity contribution in [3.8, 4) is 22.5 Å². The Morgan fingerprint density at radius 1 is 0.833 bits per heavy atom. The highest BCUT2D eigenvalue weighted by Crippen LogP contribution is 2.39. The van der Waals surface area contributed by atoms with Gasteiger partial charge in [-0.25, -0.2) is 13.8 Å². The van der Waals surface area contributed by atoms with E-state index in [1.54, 1.807) is 24.4 Å². The van der Waals surface area contributed by atoms with Gasteiger partial charge in [-0.3, -0.25) is 9.97 Å². The van der Waals surface area contributed by atoms with Gasteiger partial charge in [0.25, 0.3) is 0 Å². The fraction of sp³-hybridized carbons (Fsp3) is 0.136. The average molecular weight is 402 g/mol. The van der Waals surface area contributed by atoms with Gasteiger partial charge in [0.15, 0.2) is 5.82 Å². The Morgan fingerprint density at radius 2 is 1.67 bits per heavy atom. The van der Waals surface area contributed by atoms with Crippen LogP contribution in [0.15, 0.2) is 61.1 Å². The lowest BCUT2D eigenvalue weighted by molar-refractivity contribution is 0.623. The third-order valence-electron chi connectivity index (χ3n) is 4.88. The Morgan fingerprint density at radius 3 is 2.40 bits per heavy atom. The summed E-state index contributed by atoms with van der Waals surface area (Å²) in [6, 6.07) is 11.5. The molecule has 0 bridgehead atoms. The predicted octanol–water partition coefficient (Wildman–Crippen LogP) is 4.89. The summed E-state index contributed by atoms with van der Waals surface area (Å²) < 4.78 is 28.9. The number of halogens is 2. The van der Waals surface area contributed by atoms with E-state index in [1.165, 1.54) is 31.2 Å². The molecular formula is C22H16F2N6. The van der Waals surface area contributed by atoms with Gasteiger partial charge in [0.1, 0.15) is 17.2 Å². The number of benzene rings is 1. The first kappa shape index (κ1) is 18.2. The number of nitrogens with zero attached hydrogens (tertiary/aromatic N) is 5. The van der Waals surface area contributed by atoms with E-state index < -0.39 is 11.6 Å². The SMILES string of the molecule is Fc1cnccc1-c1nnc(Nc2ccc(C3CC3)nc2)nc1-c1ccccc1F. The van der Waals surface area contributed by atoms with Crippen LogP contribution >= 0.6 is 0 Å². The van der Waals surface area contributed by atoms with E-state index in [1.807, 2.05) is 12.1 Å². The summed E-state index contributed by atoms with van der Waals surface area (Å²) in [6.45, 7) is 0. The molecule has 0 unspecified atom stereocenters. The van der Waals surface area contributed by atoms with Crippen LogP contribution in [0, 0.1) is 11.6 Å². The van der Waals surface area contributed by atoms with E-state index in [-0.39, 0.29) is 28.5 Å².